The van der Waals surface area contributed by atoms with Crippen LogP contribution in [-0.2, 0) is 6.54 Å². The summed E-state index contributed by atoms with van der Waals surface area (Å²) in [5.74, 6) is 0.974. The summed E-state index contributed by atoms with van der Waals surface area (Å²) in [7, 11) is 1.72. The van der Waals surface area contributed by atoms with Crippen molar-refractivity contribution >= 4 is 0 Å². The van der Waals surface area contributed by atoms with E-state index in [-0.39, 0.29) is 5.54 Å². The number of hydrogen-bond donors (Lipinski definition) is 2. The number of benzene rings is 1. The molecule has 0 aliphatic heterocycles. The fourth-order valence-corrected chi connectivity index (χ4v) is 2.21. The molecule has 1 aromatic rings. The Balaban J connectivity index is 2.72. The molecule has 3 N–H and O–H groups in total. The van der Waals surface area contributed by atoms with Gasteiger partial charge in [-0.15, -0.1) is 0 Å². The summed E-state index contributed by atoms with van der Waals surface area (Å²) >= 11 is 0. The molecule has 0 aromatic heterocycles. The molecular formula is C16H28N2O. The molecule has 0 spiro atoms. The fraction of sp³-hybridized carbons (Fsp3) is 0.625. The van der Waals surface area contributed by atoms with E-state index in [9.17, 15) is 0 Å². The summed E-state index contributed by atoms with van der Waals surface area (Å²) in [6.07, 6.45) is 0.972. The van der Waals surface area contributed by atoms with Crippen LogP contribution < -0.4 is 15.8 Å². The first-order valence-corrected chi connectivity index (χ1v) is 6.89. The highest BCUT2D eigenvalue weighted by atomic mass is 16.5. The molecule has 0 heterocycles. The van der Waals surface area contributed by atoms with Gasteiger partial charge < -0.3 is 15.8 Å². The molecule has 19 heavy (non-hydrogen) atoms. The van der Waals surface area contributed by atoms with Gasteiger partial charge in [0, 0.05) is 12.1 Å². The molecule has 1 aromatic carbocycles. The smallest absolute Gasteiger partial charge is 0.122 e. The van der Waals surface area contributed by atoms with Crippen LogP contribution in [0, 0.1) is 20.8 Å². The average molecular weight is 264 g/mol. The van der Waals surface area contributed by atoms with Gasteiger partial charge in [0.2, 0.25) is 0 Å². The van der Waals surface area contributed by atoms with Crippen molar-refractivity contribution < 1.29 is 4.74 Å². The molecule has 0 bridgehead atoms. The Bertz CT molecular complexity index is 433. The van der Waals surface area contributed by atoms with Crippen LogP contribution in [0.15, 0.2) is 6.07 Å². The van der Waals surface area contributed by atoms with Gasteiger partial charge in [-0.3, -0.25) is 0 Å². The van der Waals surface area contributed by atoms with Crippen LogP contribution in [0.1, 0.15) is 42.5 Å². The van der Waals surface area contributed by atoms with Crippen LogP contribution in [0.25, 0.3) is 0 Å². The van der Waals surface area contributed by atoms with E-state index in [0.29, 0.717) is 0 Å². The molecule has 108 valence electrons. The number of ether oxygens (including phenoxy) is 1. The van der Waals surface area contributed by atoms with E-state index in [0.717, 1.165) is 25.3 Å². The third-order valence-corrected chi connectivity index (χ3v) is 3.68. The topological polar surface area (TPSA) is 47.3 Å². The molecule has 3 nitrogen and oxygen atoms in total. The van der Waals surface area contributed by atoms with Gasteiger partial charge in [-0.25, -0.2) is 0 Å². The minimum atomic E-state index is -0.104. The Morgan fingerprint density at radius 3 is 2.37 bits per heavy atom. The largest absolute Gasteiger partial charge is 0.496 e. The molecule has 0 unspecified atom stereocenters. The van der Waals surface area contributed by atoms with Gasteiger partial charge in [0.25, 0.3) is 0 Å². The van der Waals surface area contributed by atoms with Gasteiger partial charge in [0.15, 0.2) is 0 Å². The lowest BCUT2D eigenvalue weighted by Gasteiger charge is -2.20. The van der Waals surface area contributed by atoms with Crippen molar-refractivity contribution in [1.29, 1.82) is 0 Å². The van der Waals surface area contributed by atoms with E-state index < -0.39 is 0 Å². The zero-order valence-electron chi connectivity index (χ0n) is 13.2. The van der Waals surface area contributed by atoms with Crippen molar-refractivity contribution in [2.45, 2.75) is 53.1 Å². The number of nitrogens with two attached hydrogens (primary N) is 1. The van der Waals surface area contributed by atoms with Crippen LogP contribution in [-0.4, -0.2) is 19.2 Å². The van der Waals surface area contributed by atoms with Crippen molar-refractivity contribution in [3.8, 4) is 5.75 Å². The second-order valence-corrected chi connectivity index (χ2v) is 6.04. The first-order chi connectivity index (χ1) is 8.76. The minimum Gasteiger partial charge on any atom is -0.496 e. The SMILES string of the molecule is COc1cc(C)c(CNCCC(C)(C)N)c(C)c1C. The predicted molar refractivity (Wildman–Crippen MR) is 81.8 cm³/mol. The summed E-state index contributed by atoms with van der Waals surface area (Å²) in [6, 6.07) is 2.12. The Kier molecular flexibility index (Phi) is 5.39. The molecule has 0 aliphatic carbocycles. The van der Waals surface area contributed by atoms with E-state index in [1.165, 1.54) is 22.3 Å². The first kappa shape index (κ1) is 16.0. The monoisotopic (exact) mass is 264 g/mol. The molecule has 0 fully saturated rings. The van der Waals surface area contributed by atoms with Crippen LogP contribution in [0.2, 0.25) is 0 Å². The van der Waals surface area contributed by atoms with E-state index in [2.05, 4.69) is 46.0 Å². The van der Waals surface area contributed by atoms with E-state index in [1.807, 2.05) is 0 Å². The van der Waals surface area contributed by atoms with Crippen LogP contribution in [0.3, 0.4) is 0 Å². The van der Waals surface area contributed by atoms with Crippen molar-refractivity contribution in [3.05, 3.63) is 28.3 Å². The maximum atomic E-state index is 5.98. The van der Waals surface area contributed by atoms with Crippen molar-refractivity contribution in [2.75, 3.05) is 13.7 Å². The highest BCUT2D eigenvalue weighted by Gasteiger charge is 2.12. The Morgan fingerprint density at radius 2 is 1.84 bits per heavy atom. The average Bonchev–Trinajstić information content (AvgIpc) is 2.31. The first-order valence-electron chi connectivity index (χ1n) is 6.89. The number of rotatable bonds is 6. The summed E-state index contributed by atoms with van der Waals surface area (Å²) in [4.78, 5) is 0. The van der Waals surface area contributed by atoms with Crippen LogP contribution in [0.5, 0.6) is 5.75 Å². The minimum absolute atomic E-state index is 0.104. The Morgan fingerprint density at radius 1 is 1.21 bits per heavy atom. The van der Waals surface area contributed by atoms with Crippen molar-refractivity contribution in [3.63, 3.8) is 0 Å². The third-order valence-electron chi connectivity index (χ3n) is 3.68. The standard InChI is InChI=1S/C16H28N2O/c1-11-9-15(19-6)13(3)12(2)14(11)10-18-8-7-16(4,5)17/h9,18H,7-8,10,17H2,1-6H3. The highest BCUT2D eigenvalue weighted by Crippen LogP contribution is 2.27. The molecule has 0 aliphatic rings. The van der Waals surface area contributed by atoms with Crippen molar-refractivity contribution in [2.24, 2.45) is 5.73 Å². The highest BCUT2D eigenvalue weighted by molar-refractivity contribution is 5.48. The molecular weight excluding hydrogens is 236 g/mol. The van der Waals surface area contributed by atoms with E-state index in [1.54, 1.807) is 7.11 Å². The number of methoxy groups -OCH3 is 1. The lowest BCUT2D eigenvalue weighted by Crippen LogP contribution is -2.35. The molecule has 0 radical (unpaired) electrons. The number of nitrogens with one attached hydrogen (secondary N) is 1. The molecule has 0 saturated carbocycles. The zero-order chi connectivity index (χ0) is 14.6. The quantitative estimate of drug-likeness (QED) is 0.777. The molecule has 0 atom stereocenters. The van der Waals surface area contributed by atoms with E-state index >= 15 is 0 Å². The second-order valence-electron chi connectivity index (χ2n) is 6.04. The maximum absolute atomic E-state index is 5.98. The third kappa shape index (κ3) is 4.51. The second kappa shape index (κ2) is 6.40. The summed E-state index contributed by atoms with van der Waals surface area (Å²) < 4.78 is 5.40. The van der Waals surface area contributed by atoms with Gasteiger partial charge >= 0.3 is 0 Å². The lowest BCUT2D eigenvalue weighted by atomic mass is 9.97. The Labute approximate surface area is 117 Å². The Hall–Kier alpha value is -1.06. The van der Waals surface area contributed by atoms with Gasteiger partial charge in [0.1, 0.15) is 5.75 Å². The summed E-state index contributed by atoms with van der Waals surface area (Å²) in [5, 5.41) is 3.48. The van der Waals surface area contributed by atoms with Gasteiger partial charge in [0.05, 0.1) is 7.11 Å². The van der Waals surface area contributed by atoms with E-state index in [4.69, 9.17) is 10.5 Å². The molecule has 1 rings (SSSR count). The summed E-state index contributed by atoms with van der Waals surface area (Å²) in [6.45, 7) is 12.4. The van der Waals surface area contributed by atoms with Gasteiger partial charge in [-0.2, -0.15) is 0 Å². The van der Waals surface area contributed by atoms with Crippen molar-refractivity contribution in [1.82, 2.24) is 5.32 Å². The fourth-order valence-electron chi connectivity index (χ4n) is 2.21. The van der Waals surface area contributed by atoms with Gasteiger partial charge in [-0.1, -0.05) is 0 Å². The normalized spacial score (nSPS) is 11.7. The molecule has 0 saturated heterocycles. The van der Waals surface area contributed by atoms with Crippen LogP contribution >= 0.6 is 0 Å². The number of hydrogen-bond acceptors (Lipinski definition) is 3. The zero-order valence-corrected chi connectivity index (χ0v) is 13.2. The maximum Gasteiger partial charge on any atom is 0.122 e. The van der Waals surface area contributed by atoms with Crippen LogP contribution in [0.4, 0.5) is 0 Å². The molecule has 3 heteroatoms. The molecule has 0 amide bonds. The summed E-state index contributed by atoms with van der Waals surface area (Å²) in [5.41, 5.74) is 11.1. The van der Waals surface area contributed by atoms with Gasteiger partial charge in [-0.05, 0) is 75.9 Å². The lowest BCUT2D eigenvalue weighted by molar-refractivity contribution is 0.410. The number of aryl methyl sites for hydroxylation is 1. The predicted octanol–water partition coefficient (Wildman–Crippen LogP) is 2.84.